The molecule has 0 spiro atoms. The van der Waals surface area contributed by atoms with Crippen molar-refractivity contribution in [3.05, 3.63) is 47.7 Å². The number of rotatable bonds is 7. The van der Waals surface area contributed by atoms with E-state index in [4.69, 9.17) is 14.2 Å². The molecule has 2 aromatic rings. The normalized spacial score (nSPS) is 14.5. The minimum absolute atomic E-state index is 0.120. The number of amides is 1. The number of pyridine rings is 1. The van der Waals surface area contributed by atoms with E-state index >= 15 is 0 Å². The van der Waals surface area contributed by atoms with Crippen LogP contribution in [0.25, 0.3) is 0 Å². The van der Waals surface area contributed by atoms with Gasteiger partial charge >= 0.3 is 6.18 Å². The molecular formula is C20H21F3N4O4. The molecule has 0 bridgehead atoms. The number of hydrogen-bond donors (Lipinski definition) is 1. The highest BCUT2D eigenvalue weighted by Gasteiger charge is 2.30. The average molecular weight is 438 g/mol. The maximum absolute atomic E-state index is 12.6. The molecule has 1 N–H and O–H groups in total. The number of ether oxygens (including phenoxy) is 3. The fourth-order valence-corrected chi connectivity index (χ4v) is 2.73. The number of anilines is 1. The minimum Gasteiger partial charge on any atom is -0.493 e. The number of alkyl halides is 3. The molecule has 1 aliphatic rings. The Morgan fingerprint density at radius 2 is 2.03 bits per heavy atom. The van der Waals surface area contributed by atoms with Gasteiger partial charge in [-0.05, 0) is 35.9 Å². The summed E-state index contributed by atoms with van der Waals surface area (Å²) < 4.78 is 53.8. The third-order valence-electron chi connectivity index (χ3n) is 4.39. The lowest BCUT2D eigenvalue weighted by Crippen LogP contribution is -2.43. The topological polar surface area (TPSA) is 85.3 Å². The molecule has 0 saturated carbocycles. The fraction of sp³-hybridized carbons (Fsp3) is 0.350. The van der Waals surface area contributed by atoms with E-state index in [-0.39, 0.29) is 18.3 Å². The number of halogens is 3. The summed E-state index contributed by atoms with van der Waals surface area (Å²) in [5, 5.41) is 3.96. The van der Waals surface area contributed by atoms with E-state index in [0.29, 0.717) is 43.4 Å². The van der Waals surface area contributed by atoms with Gasteiger partial charge in [-0.2, -0.15) is 18.3 Å². The summed E-state index contributed by atoms with van der Waals surface area (Å²) >= 11 is 0. The molecule has 11 heteroatoms. The zero-order chi connectivity index (χ0) is 22.3. The number of nitrogens with zero attached hydrogens (tertiary/aromatic N) is 3. The Kier molecular flexibility index (Phi) is 7.29. The summed E-state index contributed by atoms with van der Waals surface area (Å²) in [7, 11) is 1.47. The van der Waals surface area contributed by atoms with Gasteiger partial charge in [0, 0.05) is 19.3 Å². The number of carbonyl (C=O) groups is 1. The van der Waals surface area contributed by atoms with E-state index < -0.39 is 11.7 Å². The smallest absolute Gasteiger partial charge is 0.417 e. The van der Waals surface area contributed by atoms with Gasteiger partial charge in [-0.15, -0.1) is 0 Å². The van der Waals surface area contributed by atoms with E-state index in [1.165, 1.54) is 19.4 Å². The van der Waals surface area contributed by atoms with Crippen LogP contribution in [0.2, 0.25) is 0 Å². The standard InChI is InChI=1S/C20H21F3N4O4/c1-29-17-10-14(11-25-26-18-5-3-15(12-24-18)20(21,22)23)2-4-16(17)31-13-19(28)27-6-8-30-9-7-27/h2-5,10-12H,6-9,13H2,1H3,(H,24,26)/b25-11+. The summed E-state index contributed by atoms with van der Waals surface area (Å²) in [6.45, 7) is 1.98. The lowest BCUT2D eigenvalue weighted by molar-refractivity contribution is -0.138. The lowest BCUT2D eigenvalue weighted by atomic mass is 10.2. The number of hydrogen-bond acceptors (Lipinski definition) is 7. The number of benzene rings is 1. The highest BCUT2D eigenvalue weighted by atomic mass is 19.4. The van der Waals surface area contributed by atoms with Crippen molar-refractivity contribution < 1.29 is 32.2 Å². The second-order valence-corrected chi connectivity index (χ2v) is 6.49. The average Bonchev–Trinajstić information content (AvgIpc) is 2.78. The molecule has 0 aliphatic carbocycles. The van der Waals surface area contributed by atoms with Crippen molar-refractivity contribution in [1.82, 2.24) is 9.88 Å². The van der Waals surface area contributed by atoms with Crippen LogP contribution >= 0.6 is 0 Å². The monoisotopic (exact) mass is 438 g/mol. The molecule has 8 nitrogen and oxygen atoms in total. The van der Waals surface area contributed by atoms with E-state index in [9.17, 15) is 18.0 Å². The number of aromatic nitrogens is 1. The molecule has 0 unspecified atom stereocenters. The van der Waals surface area contributed by atoms with Crippen molar-refractivity contribution in [2.75, 3.05) is 45.4 Å². The SMILES string of the molecule is COc1cc(/C=N/Nc2ccc(C(F)(F)F)cn2)ccc1OCC(=O)N1CCOCC1. The third kappa shape index (κ3) is 6.32. The summed E-state index contributed by atoms with van der Waals surface area (Å²) in [6, 6.07) is 7.09. The number of methoxy groups -OCH3 is 1. The number of hydrazone groups is 1. The van der Waals surface area contributed by atoms with Crippen molar-refractivity contribution in [2.24, 2.45) is 5.10 Å². The van der Waals surface area contributed by atoms with E-state index in [1.807, 2.05) is 0 Å². The molecule has 1 aromatic carbocycles. The predicted octanol–water partition coefficient (Wildman–Crippen LogP) is 2.79. The number of carbonyl (C=O) groups excluding carboxylic acids is 1. The lowest BCUT2D eigenvalue weighted by Gasteiger charge is -2.26. The first-order valence-corrected chi connectivity index (χ1v) is 9.35. The first kappa shape index (κ1) is 22.3. The molecule has 1 saturated heterocycles. The van der Waals surface area contributed by atoms with Gasteiger partial charge in [-0.25, -0.2) is 4.98 Å². The third-order valence-corrected chi connectivity index (χ3v) is 4.39. The van der Waals surface area contributed by atoms with Gasteiger partial charge < -0.3 is 19.1 Å². The molecule has 0 atom stereocenters. The van der Waals surface area contributed by atoms with Gasteiger partial charge in [-0.3, -0.25) is 10.2 Å². The van der Waals surface area contributed by atoms with Crippen LogP contribution < -0.4 is 14.9 Å². The van der Waals surface area contributed by atoms with Crippen LogP contribution in [0.15, 0.2) is 41.6 Å². The summed E-state index contributed by atoms with van der Waals surface area (Å²) in [5.74, 6) is 0.840. The van der Waals surface area contributed by atoms with Crippen LogP contribution in [-0.2, 0) is 15.7 Å². The van der Waals surface area contributed by atoms with E-state index in [0.717, 1.165) is 12.3 Å². The molecule has 1 aromatic heterocycles. The van der Waals surface area contributed by atoms with Crippen LogP contribution in [0.3, 0.4) is 0 Å². The minimum atomic E-state index is -4.44. The molecular weight excluding hydrogens is 417 g/mol. The van der Waals surface area contributed by atoms with Crippen molar-refractivity contribution in [2.45, 2.75) is 6.18 Å². The Bertz CT molecular complexity index is 914. The molecule has 0 radical (unpaired) electrons. The van der Waals surface area contributed by atoms with E-state index in [2.05, 4.69) is 15.5 Å². The molecule has 1 aliphatic heterocycles. The van der Waals surface area contributed by atoms with Crippen molar-refractivity contribution in [1.29, 1.82) is 0 Å². The molecule has 2 heterocycles. The van der Waals surface area contributed by atoms with E-state index in [1.54, 1.807) is 23.1 Å². The summed E-state index contributed by atoms with van der Waals surface area (Å²) in [6.07, 6.45) is -2.27. The summed E-state index contributed by atoms with van der Waals surface area (Å²) in [4.78, 5) is 17.5. The zero-order valence-electron chi connectivity index (χ0n) is 16.7. The first-order valence-electron chi connectivity index (χ1n) is 9.35. The number of morpholine rings is 1. The molecule has 166 valence electrons. The zero-order valence-corrected chi connectivity index (χ0v) is 16.7. The highest BCUT2D eigenvalue weighted by Crippen LogP contribution is 2.29. The van der Waals surface area contributed by atoms with Gasteiger partial charge in [-0.1, -0.05) is 0 Å². The Morgan fingerprint density at radius 3 is 2.68 bits per heavy atom. The Morgan fingerprint density at radius 1 is 1.26 bits per heavy atom. The largest absolute Gasteiger partial charge is 0.493 e. The Balaban J connectivity index is 1.57. The van der Waals surface area contributed by atoms with Gasteiger partial charge in [0.05, 0.1) is 32.1 Å². The van der Waals surface area contributed by atoms with Crippen LogP contribution in [-0.4, -0.2) is 62.0 Å². The molecule has 1 amide bonds. The fourth-order valence-electron chi connectivity index (χ4n) is 2.73. The van der Waals surface area contributed by atoms with Gasteiger partial charge in [0.25, 0.3) is 5.91 Å². The first-order chi connectivity index (χ1) is 14.9. The molecule has 1 fully saturated rings. The van der Waals surface area contributed by atoms with Crippen LogP contribution in [0.4, 0.5) is 19.0 Å². The van der Waals surface area contributed by atoms with Gasteiger partial charge in [0.2, 0.25) is 0 Å². The van der Waals surface area contributed by atoms with Crippen LogP contribution in [0.5, 0.6) is 11.5 Å². The highest BCUT2D eigenvalue weighted by molar-refractivity contribution is 5.81. The molecule has 3 rings (SSSR count). The second kappa shape index (κ2) is 10.1. The van der Waals surface area contributed by atoms with Crippen molar-refractivity contribution in [3.63, 3.8) is 0 Å². The Labute approximate surface area is 176 Å². The predicted molar refractivity (Wildman–Crippen MR) is 106 cm³/mol. The number of nitrogens with one attached hydrogen (secondary N) is 1. The van der Waals surface area contributed by atoms with Crippen LogP contribution in [0.1, 0.15) is 11.1 Å². The maximum atomic E-state index is 12.6. The molecule has 31 heavy (non-hydrogen) atoms. The van der Waals surface area contributed by atoms with Crippen molar-refractivity contribution >= 4 is 17.9 Å². The summed E-state index contributed by atoms with van der Waals surface area (Å²) in [5.41, 5.74) is 2.36. The quantitative estimate of drug-likeness (QED) is 0.529. The van der Waals surface area contributed by atoms with Gasteiger partial charge in [0.15, 0.2) is 18.1 Å². The van der Waals surface area contributed by atoms with Crippen LogP contribution in [0, 0.1) is 0 Å². The second-order valence-electron chi connectivity index (χ2n) is 6.49. The Hall–Kier alpha value is -3.34. The maximum Gasteiger partial charge on any atom is 0.417 e. The van der Waals surface area contributed by atoms with Gasteiger partial charge in [0.1, 0.15) is 5.82 Å². The van der Waals surface area contributed by atoms with Crippen molar-refractivity contribution in [3.8, 4) is 11.5 Å².